The third-order valence-electron chi connectivity index (χ3n) is 3.89. The summed E-state index contributed by atoms with van der Waals surface area (Å²) in [4.78, 5) is 12.6. The largest absolute Gasteiger partial charge is 0.494 e. The molecule has 1 N–H and O–H groups in total. The maximum Gasteiger partial charge on any atom is 0.237 e. The monoisotopic (exact) mass is 382 g/mol. The Bertz CT molecular complexity index is 894. The zero-order valence-electron chi connectivity index (χ0n) is 15.5. The molecule has 1 amide bonds. The van der Waals surface area contributed by atoms with E-state index in [1.54, 1.807) is 0 Å². The second-order valence-corrected chi connectivity index (χ2v) is 7.22. The Morgan fingerprint density at radius 1 is 1.15 bits per heavy atom. The van der Waals surface area contributed by atoms with E-state index >= 15 is 0 Å². The Morgan fingerprint density at radius 2 is 1.85 bits per heavy atom. The molecule has 1 heterocycles. The predicted molar refractivity (Wildman–Crippen MR) is 108 cm³/mol. The molecule has 1 atom stereocenters. The van der Waals surface area contributed by atoms with Gasteiger partial charge >= 0.3 is 0 Å². The number of para-hydroxylation sites is 1. The minimum atomic E-state index is -0.331. The fourth-order valence-electron chi connectivity index (χ4n) is 2.55. The van der Waals surface area contributed by atoms with Crippen molar-refractivity contribution in [3.63, 3.8) is 0 Å². The lowest BCUT2D eigenvalue weighted by atomic mass is 10.3. The molecule has 6 nitrogen and oxygen atoms in total. The van der Waals surface area contributed by atoms with Gasteiger partial charge in [0.15, 0.2) is 5.16 Å². The van der Waals surface area contributed by atoms with Crippen LogP contribution in [0.15, 0.2) is 59.8 Å². The molecule has 0 unspecified atom stereocenters. The number of hydrogen-bond acceptors (Lipinski definition) is 5. The first-order chi connectivity index (χ1) is 13.1. The van der Waals surface area contributed by atoms with Crippen molar-refractivity contribution in [1.29, 1.82) is 0 Å². The highest BCUT2D eigenvalue weighted by Crippen LogP contribution is 2.26. The maximum atomic E-state index is 12.6. The SMILES string of the molecule is CCOc1ccc(NC(=O)[C@@H](C)Sc2nnc(C)n2-c2ccccc2)cc1. The number of carbonyl (C=O) groups excluding carboxylic acids is 1. The molecule has 0 radical (unpaired) electrons. The van der Waals surface area contributed by atoms with Crippen molar-refractivity contribution in [2.75, 3.05) is 11.9 Å². The molecule has 3 rings (SSSR count). The second-order valence-electron chi connectivity index (χ2n) is 5.91. The van der Waals surface area contributed by atoms with Crippen molar-refractivity contribution >= 4 is 23.4 Å². The van der Waals surface area contributed by atoms with Gasteiger partial charge in [0.2, 0.25) is 5.91 Å². The smallest absolute Gasteiger partial charge is 0.237 e. The Kier molecular flexibility index (Phi) is 6.13. The molecule has 0 aliphatic carbocycles. The summed E-state index contributed by atoms with van der Waals surface area (Å²) in [6.45, 7) is 6.30. The zero-order valence-corrected chi connectivity index (χ0v) is 16.4. The number of anilines is 1. The van der Waals surface area contributed by atoms with Gasteiger partial charge in [-0.15, -0.1) is 10.2 Å². The van der Waals surface area contributed by atoms with Gasteiger partial charge in [0, 0.05) is 11.4 Å². The molecule has 140 valence electrons. The highest BCUT2D eigenvalue weighted by molar-refractivity contribution is 8.00. The molecule has 7 heteroatoms. The summed E-state index contributed by atoms with van der Waals surface area (Å²) in [6.07, 6.45) is 0. The normalized spacial score (nSPS) is 11.8. The molecule has 0 fully saturated rings. The van der Waals surface area contributed by atoms with E-state index in [0.717, 1.165) is 22.9 Å². The summed E-state index contributed by atoms with van der Waals surface area (Å²) >= 11 is 1.38. The lowest BCUT2D eigenvalue weighted by Crippen LogP contribution is -2.22. The van der Waals surface area contributed by atoms with Gasteiger partial charge in [-0.05, 0) is 57.2 Å². The van der Waals surface area contributed by atoms with Crippen molar-refractivity contribution in [3.05, 3.63) is 60.4 Å². The average Bonchev–Trinajstić information content (AvgIpc) is 3.04. The summed E-state index contributed by atoms with van der Waals surface area (Å²) in [6, 6.07) is 17.2. The van der Waals surface area contributed by atoms with Gasteiger partial charge in [-0.3, -0.25) is 9.36 Å². The van der Waals surface area contributed by atoms with E-state index in [9.17, 15) is 4.79 Å². The number of carbonyl (C=O) groups is 1. The fourth-order valence-corrected chi connectivity index (χ4v) is 3.46. The van der Waals surface area contributed by atoms with Crippen LogP contribution in [0.3, 0.4) is 0 Å². The highest BCUT2D eigenvalue weighted by Gasteiger charge is 2.20. The number of thioether (sulfide) groups is 1. The number of ether oxygens (including phenoxy) is 1. The molecular weight excluding hydrogens is 360 g/mol. The molecule has 0 spiro atoms. The Balaban J connectivity index is 1.68. The topological polar surface area (TPSA) is 69.0 Å². The predicted octanol–water partition coefficient (Wildman–Crippen LogP) is 4.09. The van der Waals surface area contributed by atoms with Crippen molar-refractivity contribution < 1.29 is 9.53 Å². The first-order valence-corrected chi connectivity index (χ1v) is 9.64. The minimum absolute atomic E-state index is 0.0931. The Morgan fingerprint density at radius 3 is 2.52 bits per heavy atom. The van der Waals surface area contributed by atoms with Gasteiger partial charge in [-0.25, -0.2) is 0 Å². The molecule has 2 aromatic carbocycles. The summed E-state index contributed by atoms with van der Waals surface area (Å²) < 4.78 is 7.36. The van der Waals surface area contributed by atoms with Gasteiger partial charge < -0.3 is 10.1 Å². The van der Waals surface area contributed by atoms with E-state index in [1.807, 2.05) is 79.9 Å². The Hall–Kier alpha value is -2.80. The summed E-state index contributed by atoms with van der Waals surface area (Å²) in [7, 11) is 0. The van der Waals surface area contributed by atoms with Gasteiger partial charge in [0.05, 0.1) is 11.9 Å². The first-order valence-electron chi connectivity index (χ1n) is 8.76. The number of benzene rings is 2. The molecule has 3 aromatic rings. The molecule has 27 heavy (non-hydrogen) atoms. The maximum absolute atomic E-state index is 12.6. The number of hydrogen-bond donors (Lipinski definition) is 1. The third kappa shape index (κ3) is 4.68. The molecule has 0 aliphatic heterocycles. The Labute approximate surface area is 163 Å². The van der Waals surface area contributed by atoms with Crippen LogP contribution in [0.25, 0.3) is 5.69 Å². The van der Waals surface area contributed by atoms with Crippen LogP contribution < -0.4 is 10.1 Å². The fraction of sp³-hybridized carbons (Fsp3) is 0.250. The van der Waals surface area contributed by atoms with Crippen LogP contribution in [0, 0.1) is 6.92 Å². The van der Waals surface area contributed by atoms with Gasteiger partial charge in [0.25, 0.3) is 0 Å². The summed E-state index contributed by atoms with van der Waals surface area (Å²) in [5, 5.41) is 11.7. The lowest BCUT2D eigenvalue weighted by Gasteiger charge is -2.13. The zero-order chi connectivity index (χ0) is 19.2. The van der Waals surface area contributed by atoms with Gasteiger partial charge in [0.1, 0.15) is 11.6 Å². The van der Waals surface area contributed by atoms with E-state index in [1.165, 1.54) is 11.8 Å². The number of aromatic nitrogens is 3. The van der Waals surface area contributed by atoms with Crippen LogP contribution >= 0.6 is 11.8 Å². The van der Waals surface area contributed by atoms with Crippen LogP contribution in [0.4, 0.5) is 5.69 Å². The molecular formula is C20H22N4O2S. The van der Waals surface area contributed by atoms with Crippen LogP contribution in [0.2, 0.25) is 0 Å². The summed E-state index contributed by atoms with van der Waals surface area (Å²) in [5.41, 5.74) is 1.71. The standard InChI is InChI=1S/C20H22N4O2S/c1-4-26-18-12-10-16(11-13-18)21-19(25)14(2)27-20-23-22-15(3)24(20)17-8-6-5-7-9-17/h5-14H,4H2,1-3H3,(H,21,25)/t14-/m1/s1. The second kappa shape index (κ2) is 8.73. The quantitative estimate of drug-likeness (QED) is 0.623. The number of aryl methyl sites for hydroxylation is 1. The first kappa shape index (κ1) is 19.0. The highest BCUT2D eigenvalue weighted by atomic mass is 32.2. The van der Waals surface area contributed by atoms with Crippen molar-refractivity contribution in [2.45, 2.75) is 31.2 Å². The molecule has 1 aromatic heterocycles. The molecule has 0 aliphatic rings. The number of rotatable bonds is 7. The van der Waals surface area contributed by atoms with Crippen molar-refractivity contribution in [2.24, 2.45) is 0 Å². The van der Waals surface area contributed by atoms with E-state index < -0.39 is 0 Å². The van der Waals surface area contributed by atoms with Gasteiger partial charge in [-0.2, -0.15) is 0 Å². The number of amides is 1. The van der Waals surface area contributed by atoms with Crippen LogP contribution in [0.1, 0.15) is 19.7 Å². The van der Waals surface area contributed by atoms with Crippen LogP contribution in [-0.2, 0) is 4.79 Å². The average molecular weight is 382 g/mol. The van der Waals surface area contributed by atoms with Crippen molar-refractivity contribution in [1.82, 2.24) is 14.8 Å². The summed E-state index contributed by atoms with van der Waals surface area (Å²) in [5.74, 6) is 1.47. The lowest BCUT2D eigenvalue weighted by molar-refractivity contribution is -0.115. The van der Waals surface area contributed by atoms with E-state index in [-0.39, 0.29) is 11.2 Å². The third-order valence-corrected chi connectivity index (χ3v) is 4.94. The molecule has 0 saturated heterocycles. The number of nitrogens with zero attached hydrogens (tertiary/aromatic N) is 3. The van der Waals surface area contributed by atoms with Gasteiger partial charge in [-0.1, -0.05) is 30.0 Å². The number of nitrogens with one attached hydrogen (secondary N) is 1. The van der Waals surface area contributed by atoms with Crippen molar-refractivity contribution in [3.8, 4) is 11.4 Å². The molecule has 0 bridgehead atoms. The van der Waals surface area contributed by atoms with Crippen LogP contribution in [0.5, 0.6) is 5.75 Å². The minimum Gasteiger partial charge on any atom is -0.494 e. The molecule has 0 saturated carbocycles. The van der Waals surface area contributed by atoms with Crippen LogP contribution in [-0.4, -0.2) is 32.5 Å². The van der Waals surface area contributed by atoms with E-state index in [0.29, 0.717) is 11.8 Å². The van der Waals surface area contributed by atoms with E-state index in [4.69, 9.17) is 4.74 Å². The van der Waals surface area contributed by atoms with E-state index in [2.05, 4.69) is 15.5 Å².